The summed E-state index contributed by atoms with van der Waals surface area (Å²) in [7, 11) is 0. The van der Waals surface area contributed by atoms with Crippen LogP contribution in [0.25, 0.3) is 0 Å². The summed E-state index contributed by atoms with van der Waals surface area (Å²) in [6.45, 7) is 7.58. The van der Waals surface area contributed by atoms with Crippen LogP contribution in [0.15, 0.2) is 42.5 Å². The van der Waals surface area contributed by atoms with Crippen molar-refractivity contribution in [3.8, 4) is 5.75 Å². The minimum absolute atomic E-state index is 0.0770. The van der Waals surface area contributed by atoms with E-state index in [-0.39, 0.29) is 17.9 Å². The number of primary amides is 1. The molecule has 0 aromatic heterocycles. The van der Waals surface area contributed by atoms with Crippen molar-refractivity contribution < 1.29 is 34.1 Å². The lowest BCUT2D eigenvalue weighted by atomic mass is 10.00. The van der Waals surface area contributed by atoms with Gasteiger partial charge in [-0.1, -0.05) is 36.4 Å². The summed E-state index contributed by atoms with van der Waals surface area (Å²) in [5, 5.41) is 25.6. The van der Waals surface area contributed by atoms with Gasteiger partial charge in [0.1, 0.15) is 23.4 Å². The topological polar surface area (TPSA) is 171 Å². The van der Waals surface area contributed by atoms with Gasteiger partial charge < -0.3 is 36.2 Å². The Hall–Kier alpha value is -4.12. The van der Waals surface area contributed by atoms with Gasteiger partial charge in [-0.2, -0.15) is 0 Å². The van der Waals surface area contributed by atoms with Crippen LogP contribution in [0.4, 0.5) is 10.5 Å². The lowest BCUT2D eigenvalue weighted by molar-refractivity contribution is -0.142. The molecule has 0 saturated carbocycles. The van der Waals surface area contributed by atoms with Crippen molar-refractivity contribution in [1.29, 1.82) is 0 Å². The molecule has 2 aromatic carbocycles. The number of nitrogens with zero attached hydrogens (tertiary/aromatic N) is 1. The molecule has 206 valence electrons. The summed E-state index contributed by atoms with van der Waals surface area (Å²) in [6.07, 6.45) is -1.56. The van der Waals surface area contributed by atoms with E-state index in [1.807, 2.05) is 32.0 Å². The van der Waals surface area contributed by atoms with Crippen LogP contribution in [0.5, 0.6) is 5.75 Å². The predicted molar refractivity (Wildman–Crippen MR) is 141 cm³/mol. The standard InChI is InChI=1S/C27H36N4O7/c1-16-9-8-10-17(2)22(16)30-24(35)23(18-11-6-7-12-20(18)33)31(13-14-32)25(36)19(15-21(28)34)29-26(37)38-27(3,4)5/h6-12,19,23,32-33H,13-15H2,1-5H3,(H2,28,34)(H,29,37)(H,30,35). The molecule has 11 nitrogen and oxygen atoms in total. The molecule has 0 spiro atoms. The van der Waals surface area contributed by atoms with Crippen LogP contribution in [-0.2, 0) is 19.1 Å². The van der Waals surface area contributed by atoms with Crippen LogP contribution < -0.4 is 16.4 Å². The number of aryl methyl sites for hydroxylation is 2. The van der Waals surface area contributed by atoms with Gasteiger partial charge in [0.05, 0.1) is 13.0 Å². The summed E-state index contributed by atoms with van der Waals surface area (Å²) in [6, 6.07) is 8.46. The van der Waals surface area contributed by atoms with Crippen molar-refractivity contribution in [3.63, 3.8) is 0 Å². The molecular formula is C27H36N4O7. The molecule has 2 aromatic rings. The highest BCUT2D eigenvalue weighted by Crippen LogP contribution is 2.31. The van der Waals surface area contributed by atoms with E-state index in [2.05, 4.69) is 10.6 Å². The molecule has 0 aliphatic carbocycles. The van der Waals surface area contributed by atoms with Crippen LogP contribution in [0.1, 0.15) is 49.9 Å². The van der Waals surface area contributed by atoms with E-state index in [0.29, 0.717) is 5.69 Å². The van der Waals surface area contributed by atoms with Gasteiger partial charge in [0.15, 0.2) is 0 Å². The number of alkyl carbamates (subject to hydrolysis) is 1. The first-order valence-corrected chi connectivity index (χ1v) is 12.1. The normalized spacial score (nSPS) is 12.7. The zero-order valence-corrected chi connectivity index (χ0v) is 22.3. The van der Waals surface area contributed by atoms with Gasteiger partial charge in [0.25, 0.3) is 5.91 Å². The number of phenolic OH excluding ortho intramolecular Hbond substituents is 1. The molecule has 6 N–H and O–H groups in total. The van der Waals surface area contributed by atoms with Gasteiger partial charge in [-0.25, -0.2) is 4.79 Å². The van der Waals surface area contributed by atoms with Gasteiger partial charge in [0.2, 0.25) is 11.8 Å². The number of para-hydroxylation sites is 2. The van der Waals surface area contributed by atoms with Gasteiger partial charge in [-0.3, -0.25) is 14.4 Å². The Kier molecular flexibility index (Phi) is 10.2. The number of rotatable bonds is 10. The zero-order valence-electron chi connectivity index (χ0n) is 22.3. The number of nitrogens with one attached hydrogen (secondary N) is 2. The monoisotopic (exact) mass is 528 g/mol. The predicted octanol–water partition coefficient (Wildman–Crippen LogP) is 2.28. The number of nitrogens with two attached hydrogens (primary N) is 1. The number of anilines is 1. The maximum absolute atomic E-state index is 13.8. The smallest absolute Gasteiger partial charge is 0.408 e. The highest BCUT2D eigenvalue weighted by Gasteiger charge is 2.38. The highest BCUT2D eigenvalue weighted by molar-refractivity contribution is 6.00. The second kappa shape index (κ2) is 12.9. The molecule has 11 heteroatoms. The number of aromatic hydroxyl groups is 1. The van der Waals surface area contributed by atoms with Gasteiger partial charge in [-0.05, 0) is 51.8 Å². The summed E-state index contributed by atoms with van der Waals surface area (Å²) >= 11 is 0. The van der Waals surface area contributed by atoms with Gasteiger partial charge >= 0.3 is 6.09 Å². The fraction of sp³-hybridized carbons (Fsp3) is 0.407. The first-order valence-electron chi connectivity index (χ1n) is 12.1. The van der Waals surface area contributed by atoms with E-state index < -0.39 is 54.5 Å². The lowest BCUT2D eigenvalue weighted by Gasteiger charge is -2.34. The van der Waals surface area contributed by atoms with Crippen molar-refractivity contribution in [2.24, 2.45) is 5.73 Å². The Bertz CT molecular complexity index is 1160. The van der Waals surface area contributed by atoms with E-state index in [1.54, 1.807) is 32.9 Å². The zero-order chi connectivity index (χ0) is 28.6. The quantitative estimate of drug-likeness (QED) is 0.315. The molecule has 2 unspecified atom stereocenters. The van der Waals surface area contributed by atoms with E-state index in [0.717, 1.165) is 16.0 Å². The van der Waals surface area contributed by atoms with Gasteiger partial charge in [-0.15, -0.1) is 0 Å². The fourth-order valence-electron chi connectivity index (χ4n) is 3.90. The first-order chi connectivity index (χ1) is 17.7. The van der Waals surface area contributed by atoms with Crippen LogP contribution in [0, 0.1) is 13.8 Å². The molecule has 0 saturated heterocycles. The van der Waals surface area contributed by atoms with Crippen LogP contribution in [0.2, 0.25) is 0 Å². The molecule has 0 bridgehead atoms. The summed E-state index contributed by atoms with van der Waals surface area (Å²) in [5.74, 6) is -2.71. The molecule has 0 aliphatic heterocycles. The number of benzene rings is 2. The number of aliphatic hydroxyl groups is 1. The molecule has 0 aliphatic rings. The number of ether oxygens (including phenoxy) is 1. The SMILES string of the molecule is Cc1cccc(C)c1NC(=O)C(c1ccccc1O)N(CCO)C(=O)C(CC(N)=O)NC(=O)OC(C)(C)C. The first kappa shape index (κ1) is 30.1. The molecule has 38 heavy (non-hydrogen) atoms. The number of amides is 4. The maximum Gasteiger partial charge on any atom is 0.408 e. The van der Waals surface area contributed by atoms with Crippen LogP contribution in [-0.4, -0.2) is 63.7 Å². The molecular weight excluding hydrogens is 492 g/mol. The van der Waals surface area contributed by atoms with Crippen LogP contribution in [0.3, 0.4) is 0 Å². The molecule has 0 radical (unpaired) electrons. The Morgan fingerprint density at radius 2 is 1.63 bits per heavy atom. The van der Waals surface area contributed by atoms with Crippen molar-refractivity contribution in [2.45, 2.75) is 58.7 Å². The molecule has 2 rings (SSSR count). The third-order valence-electron chi connectivity index (χ3n) is 5.54. The van der Waals surface area contributed by atoms with Crippen molar-refractivity contribution >= 4 is 29.5 Å². The Morgan fingerprint density at radius 3 is 2.16 bits per heavy atom. The minimum atomic E-state index is -1.50. The summed E-state index contributed by atoms with van der Waals surface area (Å²) < 4.78 is 5.22. The Morgan fingerprint density at radius 1 is 1.03 bits per heavy atom. The fourth-order valence-corrected chi connectivity index (χ4v) is 3.90. The molecule has 2 atom stereocenters. The van der Waals surface area contributed by atoms with E-state index in [1.165, 1.54) is 12.1 Å². The molecule has 4 amide bonds. The average Bonchev–Trinajstić information content (AvgIpc) is 2.80. The molecule has 0 fully saturated rings. The van der Waals surface area contributed by atoms with Crippen molar-refractivity contribution in [1.82, 2.24) is 10.2 Å². The van der Waals surface area contributed by atoms with E-state index in [9.17, 15) is 29.4 Å². The Balaban J connectivity index is 2.56. The van der Waals surface area contributed by atoms with Crippen molar-refractivity contribution in [2.75, 3.05) is 18.5 Å². The summed E-state index contributed by atoms with van der Waals surface area (Å²) in [5.41, 5.74) is 6.60. The number of hydrogen-bond donors (Lipinski definition) is 5. The van der Waals surface area contributed by atoms with Gasteiger partial charge in [0, 0.05) is 17.8 Å². The lowest BCUT2D eigenvalue weighted by Crippen LogP contribution is -2.54. The summed E-state index contributed by atoms with van der Waals surface area (Å²) in [4.78, 5) is 52.7. The second-order valence-corrected chi connectivity index (χ2v) is 9.84. The second-order valence-electron chi connectivity index (χ2n) is 9.84. The highest BCUT2D eigenvalue weighted by atomic mass is 16.6. The number of carbonyl (C=O) groups is 4. The number of carbonyl (C=O) groups excluding carboxylic acids is 4. The minimum Gasteiger partial charge on any atom is -0.508 e. The molecule has 0 heterocycles. The average molecular weight is 529 g/mol. The third kappa shape index (κ3) is 8.20. The Labute approximate surface area is 222 Å². The van der Waals surface area contributed by atoms with E-state index in [4.69, 9.17) is 10.5 Å². The maximum atomic E-state index is 13.8. The number of aliphatic hydroxyl groups excluding tert-OH is 1. The van der Waals surface area contributed by atoms with Crippen molar-refractivity contribution in [3.05, 3.63) is 59.2 Å². The largest absolute Gasteiger partial charge is 0.508 e. The third-order valence-corrected chi connectivity index (χ3v) is 5.54. The van der Waals surface area contributed by atoms with E-state index >= 15 is 0 Å². The van der Waals surface area contributed by atoms with Crippen LogP contribution >= 0.6 is 0 Å². The number of phenols is 1. The number of hydrogen-bond acceptors (Lipinski definition) is 7.